The molecular formula is C14H17N3O4. The van der Waals surface area contributed by atoms with Crippen molar-refractivity contribution in [3.8, 4) is 0 Å². The lowest BCUT2D eigenvalue weighted by Crippen LogP contribution is -2.45. The van der Waals surface area contributed by atoms with Gasteiger partial charge in [-0.05, 0) is 25.0 Å². The van der Waals surface area contributed by atoms with Crippen LogP contribution in [0, 0.1) is 5.92 Å². The second-order valence-electron chi connectivity index (χ2n) is 4.89. The van der Waals surface area contributed by atoms with Crippen LogP contribution in [0.25, 0.3) is 0 Å². The predicted octanol–water partition coefficient (Wildman–Crippen LogP) is 0.135. The number of aliphatic carboxylic acids is 1. The molecule has 1 aromatic heterocycles. The second-order valence-corrected chi connectivity index (χ2v) is 4.89. The third-order valence-electron chi connectivity index (χ3n) is 3.49. The van der Waals surface area contributed by atoms with Gasteiger partial charge in [0.05, 0.1) is 12.5 Å². The molecule has 0 atom stereocenters. The van der Waals surface area contributed by atoms with E-state index in [-0.39, 0.29) is 24.1 Å². The number of likely N-dealkylation sites (tertiary alicyclic amines) is 1. The fourth-order valence-electron chi connectivity index (χ4n) is 2.23. The molecule has 0 bridgehead atoms. The molecule has 1 saturated heterocycles. The molecule has 0 aromatic carbocycles. The van der Waals surface area contributed by atoms with Gasteiger partial charge in [0.2, 0.25) is 5.91 Å². The summed E-state index contributed by atoms with van der Waals surface area (Å²) >= 11 is 0. The number of nitrogens with zero attached hydrogens (tertiary/aromatic N) is 2. The van der Waals surface area contributed by atoms with Crippen LogP contribution in [0.2, 0.25) is 0 Å². The number of nitrogens with one attached hydrogen (secondary N) is 1. The summed E-state index contributed by atoms with van der Waals surface area (Å²) in [5.74, 6) is -1.80. The van der Waals surface area contributed by atoms with Gasteiger partial charge < -0.3 is 15.3 Å². The Morgan fingerprint density at radius 3 is 2.57 bits per heavy atom. The fraction of sp³-hybridized carbons (Fsp3) is 0.429. The summed E-state index contributed by atoms with van der Waals surface area (Å²) in [6.07, 6.45) is 2.41. The number of piperidine rings is 1. The number of carbonyl (C=O) groups excluding carboxylic acids is 2. The molecule has 1 aliphatic heterocycles. The van der Waals surface area contributed by atoms with Gasteiger partial charge in [0.25, 0.3) is 5.91 Å². The summed E-state index contributed by atoms with van der Waals surface area (Å²) in [5, 5.41) is 11.4. The van der Waals surface area contributed by atoms with Crippen LogP contribution in [0.15, 0.2) is 24.4 Å². The maximum Gasteiger partial charge on any atom is 0.306 e. The first-order chi connectivity index (χ1) is 10.1. The Morgan fingerprint density at radius 2 is 2.00 bits per heavy atom. The molecule has 1 aromatic rings. The lowest BCUT2D eigenvalue weighted by Gasteiger charge is -2.30. The van der Waals surface area contributed by atoms with Crippen LogP contribution >= 0.6 is 0 Å². The molecule has 112 valence electrons. The Kier molecular flexibility index (Phi) is 4.86. The van der Waals surface area contributed by atoms with Crippen molar-refractivity contribution in [1.82, 2.24) is 15.2 Å². The van der Waals surface area contributed by atoms with E-state index in [1.807, 2.05) is 0 Å². The van der Waals surface area contributed by atoms with E-state index < -0.39 is 11.9 Å². The standard InChI is InChI=1S/C14H17N3O4/c18-12(17-7-4-10(5-8-17)14(20)21)9-16-13(19)11-3-1-2-6-15-11/h1-3,6,10H,4-5,7-9H2,(H,16,19)(H,20,21). The van der Waals surface area contributed by atoms with Crippen molar-refractivity contribution in [1.29, 1.82) is 0 Å². The molecule has 0 aliphatic carbocycles. The van der Waals surface area contributed by atoms with E-state index in [2.05, 4.69) is 10.3 Å². The molecule has 1 fully saturated rings. The lowest BCUT2D eigenvalue weighted by atomic mass is 9.97. The number of rotatable bonds is 4. The second kappa shape index (κ2) is 6.83. The third-order valence-corrected chi connectivity index (χ3v) is 3.49. The highest BCUT2D eigenvalue weighted by Gasteiger charge is 2.26. The monoisotopic (exact) mass is 291 g/mol. The van der Waals surface area contributed by atoms with E-state index in [0.717, 1.165) is 0 Å². The van der Waals surface area contributed by atoms with Crippen molar-refractivity contribution in [2.45, 2.75) is 12.8 Å². The number of carbonyl (C=O) groups is 3. The van der Waals surface area contributed by atoms with Crippen molar-refractivity contribution in [2.24, 2.45) is 5.92 Å². The van der Waals surface area contributed by atoms with Crippen molar-refractivity contribution >= 4 is 17.8 Å². The van der Waals surface area contributed by atoms with E-state index in [9.17, 15) is 14.4 Å². The fourth-order valence-corrected chi connectivity index (χ4v) is 2.23. The molecular weight excluding hydrogens is 274 g/mol. The molecule has 7 heteroatoms. The molecule has 2 rings (SSSR count). The van der Waals surface area contributed by atoms with Gasteiger partial charge in [-0.3, -0.25) is 19.4 Å². The largest absolute Gasteiger partial charge is 0.481 e. The molecule has 2 N–H and O–H groups in total. The molecule has 0 spiro atoms. The zero-order valence-electron chi connectivity index (χ0n) is 11.5. The Morgan fingerprint density at radius 1 is 1.29 bits per heavy atom. The van der Waals surface area contributed by atoms with Crippen molar-refractivity contribution in [2.75, 3.05) is 19.6 Å². The minimum Gasteiger partial charge on any atom is -0.481 e. The number of carboxylic acid groups (broad SMARTS) is 1. The summed E-state index contributed by atoms with van der Waals surface area (Å²) in [7, 11) is 0. The molecule has 0 saturated carbocycles. The molecule has 21 heavy (non-hydrogen) atoms. The summed E-state index contributed by atoms with van der Waals surface area (Å²) in [4.78, 5) is 40.0. The minimum absolute atomic E-state index is 0.104. The maximum atomic E-state index is 12.0. The van der Waals surface area contributed by atoms with Gasteiger partial charge in [-0.15, -0.1) is 0 Å². The SMILES string of the molecule is O=C(NCC(=O)N1CCC(C(=O)O)CC1)c1ccccn1. The number of hydrogen-bond donors (Lipinski definition) is 2. The highest BCUT2D eigenvalue weighted by Crippen LogP contribution is 2.17. The summed E-state index contributed by atoms with van der Waals surface area (Å²) in [6.45, 7) is 0.720. The Labute approximate surface area is 122 Å². The maximum absolute atomic E-state index is 12.0. The first-order valence-electron chi connectivity index (χ1n) is 6.77. The average Bonchev–Trinajstić information content (AvgIpc) is 2.53. The van der Waals surface area contributed by atoms with E-state index in [4.69, 9.17) is 5.11 Å². The predicted molar refractivity (Wildman–Crippen MR) is 73.5 cm³/mol. The molecule has 0 radical (unpaired) electrons. The van der Waals surface area contributed by atoms with Crippen LogP contribution in [0.4, 0.5) is 0 Å². The van der Waals surface area contributed by atoms with E-state index in [1.165, 1.54) is 6.20 Å². The first kappa shape index (κ1) is 15.0. The van der Waals surface area contributed by atoms with Gasteiger partial charge >= 0.3 is 5.97 Å². The zero-order valence-corrected chi connectivity index (χ0v) is 11.5. The quantitative estimate of drug-likeness (QED) is 0.821. The Hall–Kier alpha value is -2.44. The van der Waals surface area contributed by atoms with Crippen molar-refractivity contribution in [3.63, 3.8) is 0 Å². The zero-order chi connectivity index (χ0) is 15.2. The highest BCUT2D eigenvalue weighted by molar-refractivity contribution is 5.94. The average molecular weight is 291 g/mol. The van der Waals surface area contributed by atoms with Crippen LogP contribution in [-0.4, -0.2) is 52.4 Å². The number of pyridine rings is 1. The molecule has 7 nitrogen and oxygen atoms in total. The lowest BCUT2D eigenvalue weighted by molar-refractivity contribution is -0.145. The topological polar surface area (TPSA) is 99.6 Å². The van der Waals surface area contributed by atoms with Gasteiger partial charge in [-0.1, -0.05) is 6.07 Å². The number of hydrogen-bond acceptors (Lipinski definition) is 4. The molecule has 0 unspecified atom stereocenters. The van der Waals surface area contributed by atoms with Gasteiger partial charge in [0.1, 0.15) is 5.69 Å². The van der Waals surface area contributed by atoms with Crippen LogP contribution in [0.5, 0.6) is 0 Å². The van der Waals surface area contributed by atoms with Crippen molar-refractivity contribution in [3.05, 3.63) is 30.1 Å². The van der Waals surface area contributed by atoms with Gasteiger partial charge in [0, 0.05) is 19.3 Å². The number of carboxylic acids is 1. The molecule has 2 amide bonds. The minimum atomic E-state index is -0.814. The molecule has 2 heterocycles. The van der Waals surface area contributed by atoms with Crippen molar-refractivity contribution < 1.29 is 19.5 Å². The highest BCUT2D eigenvalue weighted by atomic mass is 16.4. The number of amides is 2. The van der Waals surface area contributed by atoms with Crippen LogP contribution in [0.1, 0.15) is 23.3 Å². The van der Waals surface area contributed by atoms with Gasteiger partial charge in [0.15, 0.2) is 0 Å². The molecule has 1 aliphatic rings. The van der Waals surface area contributed by atoms with Gasteiger partial charge in [-0.25, -0.2) is 0 Å². The summed E-state index contributed by atoms with van der Waals surface area (Å²) in [5.41, 5.74) is 0.259. The van der Waals surface area contributed by atoms with E-state index in [1.54, 1.807) is 23.1 Å². The van der Waals surface area contributed by atoms with E-state index in [0.29, 0.717) is 25.9 Å². The Bertz CT molecular complexity index is 524. The Balaban J connectivity index is 1.78. The normalized spacial score (nSPS) is 15.5. The van der Waals surface area contributed by atoms with Crippen LogP contribution in [0.3, 0.4) is 0 Å². The number of aromatic nitrogens is 1. The summed E-state index contributed by atoms with van der Waals surface area (Å²) in [6, 6.07) is 4.97. The van der Waals surface area contributed by atoms with E-state index >= 15 is 0 Å². The van der Waals surface area contributed by atoms with Crippen LogP contribution < -0.4 is 5.32 Å². The van der Waals surface area contributed by atoms with Gasteiger partial charge in [-0.2, -0.15) is 0 Å². The van der Waals surface area contributed by atoms with Crippen LogP contribution in [-0.2, 0) is 9.59 Å². The first-order valence-corrected chi connectivity index (χ1v) is 6.77. The third kappa shape index (κ3) is 4.01. The summed E-state index contributed by atoms with van der Waals surface area (Å²) < 4.78 is 0. The smallest absolute Gasteiger partial charge is 0.306 e.